The molecule has 1 aliphatic rings. The lowest BCUT2D eigenvalue weighted by Gasteiger charge is -2.22. The third kappa shape index (κ3) is 3.32. The van der Waals surface area contributed by atoms with Crippen LogP contribution < -0.4 is 9.64 Å². The lowest BCUT2D eigenvalue weighted by atomic mass is 10.1. The van der Waals surface area contributed by atoms with E-state index >= 15 is 0 Å². The molecule has 9 heteroatoms. The molecule has 0 atom stereocenters. The summed E-state index contributed by atoms with van der Waals surface area (Å²) in [4.78, 5) is 25.2. The molecule has 0 spiro atoms. The van der Waals surface area contributed by atoms with Crippen molar-refractivity contribution in [3.05, 3.63) is 83.2 Å². The second kappa shape index (κ2) is 7.28. The third-order valence-electron chi connectivity index (χ3n) is 4.14. The number of carbonyl (C=O) groups excluding carboxylic acids is 1. The van der Waals surface area contributed by atoms with E-state index in [1.807, 2.05) is 22.6 Å². The van der Waals surface area contributed by atoms with Crippen LogP contribution in [0.15, 0.2) is 54.6 Å². The second-order valence-corrected chi connectivity index (χ2v) is 8.38. The fourth-order valence-electron chi connectivity index (χ4n) is 2.89. The highest BCUT2D eigenvalue weighted by molar-refractivity contribution is 14.1. The molecule has 0 N–H and O–H groups in total. The molecular weight excluding hydrogens is 593 g/mol. The Hall–Kier alpha value is -2.28. The number of amides is 1. The molecular formula is C19H9FI2N2O4. The highest BCUT2D eigenvalue weighted by atomic mass is 127. The summed E-state index contributed by atoms with van der Waals surface area (Å²) in [5.74, 6) is -0.721. The van der Waals surface area contributed by atoms with Gasteiger partial charge < -0.3 is 4.74 Å². The van der Waals surface area contributed by atoms with Gasteiger partial charge in [0.15, 0.2) is 5.75 Å². The van der Waals surface area contributed by atoms with Gasteiger partial charge in [-0.25, -0.2) is 4.39 Å². The Balaban J connectivity index is 2.00. The standard InChI is InChI=1S/C19H9FI2N2O4/c20-14-8-11(22)1-4-15(14)23-16-5-3-12(24(26)27)9-18(16)28-17-6-2-10(21)7-13(17)19(23)25/h1-9H. The normalized spacial score (nSPS) is 12.7. The van der Waals surface area contributed by atoms with Crippen molar-refractivity contribution in [2.24, 2.45) is 0 Å². The minimum atomic E-state index is -0.585. The highest BCUT2D eigenvalue weighted by Crippen LogP contribution is 2.44. The molecule has 140 valence electrons. The average Bonchev–Trinajstić information content (AvgIpc) is 2.76. The maximum atomic E-state index is 14.7. The number of halogens is 3. The number of nitro groups is 1. The molecule has 0 fully saturated rings. The van der Waals surface area contributed by atoms with Crippen molar-refractivity contribution in [3.8, 4) is 11.5 Å². The Morgan fingerprint density at radius 1 is 0.929 bits per heavy atom. The van der Waals surface area contributed by atoms with Crippen LogP contribution in [0, 0.1) is 23.1 Å². The minimum absolute atomic E-state index is 0.0378. The monoisotopic (exact) mass is 602 g/mol. The molecule has 1 aliphatic heterocycles. The first kappa shape index (κ1) is 19.1. The number of ether oxygens (including phenoxy) is 1. The van der Waals surface area contributed by atoms with Crippen LogP contribution in [-0.2, 0) is 0 Å². The van der Waals surface area contributed by atoms with Crippen LogP contribution in [0.1, 0.15) is 10.4 Å². The average molecular weight is 602 g/mol. The van der Waals surface area contributed by atoms with Crippen molar-refractivity contribution >= 4 is 68.2 Å². The zero-order chi connectivity index (χ0) is 20.0. The van der Waals surface area contributed by atoms with Crippen molar-refractivity contribution in [2.45, 2.75) is 0 Å². The maximum Gasteiger partial charge on any atom is 0.273 e. The number of rotatable bonds is 2. The van der Waals surface area contributed by atoms with Crippen LogP contribution in [0.4, 0.5) is 21.5 Å². The van der Waals surface area contributed by atoms with Gasteiger partial charge in [-0.1, -0.05) is 0 Å². The van der Waals surface area contributed by atoms with Gasteiger partial charge in [0.05, 0.1) is 27.9 Å². The van der Waals surface area contributed by atoms with E-state index in [2.05, 4.69) is 22.6 Å². The summed E-state index contributed by atoms with van der Waals surface area (Å²) in [7, 11) is 0. The molecule has 4 rings (SSSR count). The predicted molar refractivity (Wildman–Crippen MR) is 118 cm³/mol. The number of hydrogen-bond donors (Lipinski definition) is 0. The molecule has 1 heterocycles. The summed E-state index contributed by atoms with van der Waals surface area (Å²) >= 11 is 4.04. The van der Waals surface area contributed by atoms with E-state index < -0.39 is 16.6 Å². The smallest absolute Gasteiger partial charge is 0.273 e. The van der Waals surface area contributed by atoms with Gasteiger partial charge in [0.25, 0.3) is 11.6 Å². The molecule has 0 saturated carbocycles. The molecule has 0 bridgehead atoms. The number of benzene rings is 3. The van der Waals surface area contributed by atoms with Crippen molar-refractivity contribution in [2.75, 3.05) is 4.90 Å². The molecule has 0 aliphatic carbocycles. The molecule has 0 aromatic heterocycles. The number of anilines is 2. The number of carbonyl (C=O) groups is 1. The van der Waals surface area contributed by atoms with Crippen LogP contribution in [0.5, 0.6) is 11.5 Å². The van der Waals surface area contributed by atoms with E-state index in [1.54, 1.807) is 24.3 Å². The predicted octanol–water partition coefficient (Wildman–Crippen LogP) is 6.03. The van der Waals surface area contributed by atoms with Gasteiger partial charge in [-0.3, -0.25) is 19.8 Å². The number of nitrogens with zero attached hydrogens (tertiary/aromatic N) is 2. The first-order valence-corrected chi connectivity index (χ1v) is 10.1. The van der Waals surface area contributed by atoms with Gasteiger partial charge in [-0.05, 0) is 87.6 Å². The fourth-order valence-corrected chi connectivity index (χ4v) is 3.84. The third-order valence-corrected chi connectivity index (χ3v) is 5.48. The molecule has 3 aromatic carbocycles. The second-order valence-electron chi connectivity index (χ2n) is 5.89. The Kier molecular flexibility index (Phi) is 4.95. The van der Waals surface area contributed by atoms with E-state index in [1.165, 1.54) is 35.2 Å². The van der Waals surface area contributed by atoms with Crippen molar-refractivity contribution < 1.29 is 18.8 Å². The lowest BCUT2D eigenvalue weighted by molar-refractivity contribution is -0.384. The van der Waals surface area contributed by atoms with E-state index in [4.69, 9.17) is 4.74 Å². The zero-order valence-corrected chi connectivity index (χ0v) is 18.2. The Bertz CT molecular complexity index is 1150. The molecule has 0 unspecified atom stereocenters. The summed E-state index contributed by atoms with van der Waals surface area (Å²) in [6.45, 7) is 0. The van der Waals surface area contributed by atoms with Crippen LogP contribution in [0.3, 0.4) is 0 Å². The van der Waals surface area contributed by atoms with Gasteiger partial charge in [0.2, 0.25) is 0 Å². The van der Waals surface area contributed by atoms with Gasteiger partial charge in [-0.15, -0.1) is 0 Å². The summed E-state index contributed by atoms with van der Waals surface area (Å²) in [5.41, 5.74) is 0.310. The van der Waals surface area contributed by atoms with Crippen LogP contribution >= 0.6 is 45.2 Å². The molecule has 1 amide bonds. The van der Waals surface area contributed by atoms with Crippen molar-refractivity contribution in [1.82, 2.24) is 0 Å². The summed E-state index contributed by atoms with van der Waals surface area (Å²) in [6.07, 6.45) is 0. The van der Waals surface area contributed by atoms with Gasteiger partial charge in [0.1, 0.15) is 11.6 Å². The molecule has 0 saturated heterocycles. The quantitative estimate of drug-likeness (QED) is 0.204. The Morgan fingerprint density at radius 2 is 1.61 bits per heavy atom. The first-order chi connectivity index (χ1) is 13.3. The van der Waals surface area contributed by atoms with Gasteiger partial charge in [-0.2, -0.15) is 0 Å². The van der Waals surface area contributed by atoms with Crippen molar-refractivity contribution in [1.29, 1.82) is 0 Å². The van der Waals surface area contributed by atoms with E-state index in [-0.39, 0.29) is 34.1 Å². The largest absolute Gasteiger partial charge is 0.454 e. The highest BCUT2D eigenvalue weighted by Gasteiger charge is 2.32. The zero-order valence-electron chi connectivity index (χ0n) is 13.9. The Labute approximate surface area is 185 Å². The molecule has 3 aromatic rings. The SMILES string of the molecule is O=C1c2cc(I)ccc2Oc2cc([N+](=O)[O-])ccc2N1c1ccc(I)cc1F. The summed E-state index contributed by atoms with van der Waals surface area (Å²) in [5, 5.41) is 11.2. The fraction of sp³-hybridized carbons (Fsp3) is 0. The van der Waals surface area contributed by atoms with Crippen LogP contribution in [-0.4, -0.2) is 10.8 Å². The lowest BCUT2D eigenvalue weighted by Crippen LogP contribution is -2.26. The van der Waals surface area contributed by atoms with E-state index in [0.717, 1.165) is 3.57 Å². The Morgan fingerprint density at radius 3 is 2.32 bits per heavy atom. The van der Waals surface area contributed by atoms with Gasteiger partial charge >= 0.3 is 0 Å². The topological polar surface area (TPSA) is 72.7 Å². The maximum absolute atomic E-state index is 14.7. The number of fused-ring (bicyclic) bond motifs is 2. The van der Waals surface area contributed by atoms with Crippen molar-refractivity contribution in [3.63, 3.8) is 0 Å². The van der Waals surface area contributed by atoms with E-state index in [9.17, 15) is 19.3 Å². The molecule has 6 nitrogen and oxygen atoms in total. The molecule has 0 radical (unpaired) electrons. The van der Waals surface area contributed by atoms with Gasteiger partial charge in [0, 0.05) is 13.2 Å². The summed E-state index contributed by atoms with van der Waals surface area (Å²) in [6, 6.07) is 13.4. The first-order valence-electron chi connectivity index (χ1n) is 7.90. The number of nitro benzene ring substituents is 1. The van der Waals surface area contributed by atoms with Crippen LogP contribution in [0.2, 0.25) is 0 Å². The van der Waals surface area contributed by atoms with E-state index in [0.29, 0.717) is 3.57 Å². The number of hydrogen-bond acceptors (Lipinski definition) is 4. The number of non-ortho nitro benzene ring substituents is 1. The molecule has 28 heavy (non-hydrogen) atoms. The summed E-state index contributed by atoms with van der Waals surface area (Å²) < 4.78 is 22.1. The van der Waals surface area contributed by atoms with Crippen LogP contribution in [0.25, 0.3) is 0 Å². The minimum Gasteiger partial charge on any atom is -0.454 e.